The molecule has 0 nitrogen and oxygen atoms in total. The zero-order valence-corrected chi connectivity index (χ0v) is 12.0. The van der Waals surface area contributed by atoms with E-state index in [0.717, 1.165) is 12.8 Å². The lowest BCUT2D eigenvalue weighted by molar-refractivity contribution is 0.465. The third-order valence-electron chi connectivity index (χ3n) is 3.55. The Morgan fingerprint density at radius 1 is 1.00 bits per heavy atom. The van der Waals surface area contributed by atoms with Gasteiger partial charge in [-0.25, -0.2) is 0 Å². The van der Waals surface area contributed by atoms with Crippen LogP contribution in [0.15, 0.2) is 18.2 Å². The monoisotopic (exact) mass is 290 g/mol. The normalized spacial score (nSPS) is 25.6. The largest absolute Gasteiger partial charge is 0.123 e. The van der Waals surface area contributed by atoms with Gasteiger partial charge in [-0.1, -0.05) is 48.5 Å². The summed E-state index contributed by atoms with van der Waals surface area (Å²) in [4.78, 5) is 0. The van der Waals surface area contributed by atoms with E-state index in [1.54, 1.807) is 0 Å². The molecule has 1 aliphatic carbocycles. The minimum atomic E-state index is 0.312. The SMILES string of the molecule is Clc1ccc(CC2CCCCCC2Cl)cc1Cl. The second kappa shape index (κ2) is 6.31. The molecule has 1 aliphatic rings. The first-order valence-electron chi connectivity index (χ1n) is 6.25. The summed E-state index contributed by atoms with van der Waals surface area (Å²) < 4.78 is 0. The fourth-order valence-corrected chi connectivity index (χ4v) is 3.23. The predicted octanol–water partition coefficient (Wildman–Crippen LogP) is 5.72. The number of benzene rings is 1. The molecule has 0 N–H and O–H groups in total. The average molecular weight is 292 g/mol. The summed E-state index contributed by atoms with van der Waals surface area (Å²) in [7, 11) is 0. The van der Waals surface area contributed by atoms with Gasteiger partial charge in [0.15, 0.2) is 0 Å². The first kappa shape index (κ1) is 13.5. The molecule has 0 radical (unpaired) electrons. The molecule has 0 heterocycles. The first-order valence-corrected chi connectivity index (χ1v) is 7.44. The van der Waals surface area contributed by atoms with Crippen LogP contribution in [0.1, 0.15) is 37.7 Å². The third-order valence-corrected chi connectivity index (χ3v) is 4.86. The van der Waals surface area contributed by atoms with Crippen LogP contribution in [0, 0.1) is 5.92 Å². The van der Waals surface area contributed by atoms with E-state index in [2.05, 4.69) is 6.07 Å². The van der Waals surface area contributed by atoms with Gasteiger partial charge in [0, 0.05) is 5.38 Å². The molecule has 1 aromatic carbocycles. The van der Waals surface area contributed by atoms with Crippen molar-refractivity contribution in [1.29, 1.82) is 0 Å². The number of alkyl halides is 1. The smallest absolute Gasteiger partial charge is 0.0595 e. The molecular formula is C14H17Cl3. The van der Waals surface area contributed by atoms with E-state index in [1.165, 1.54) is 31.2 Å². The highest BCUT2D eigenvalue weighted by Crippen LogP contribution is 2.31. The Morgan fingerprint density at radius 3 is 2.53 bits per heavy atom. The van der Waals surface area contributed by atoms with Gasteiger partial charge in [-0.05, 0) is 42.9 Å². The summed E-state index contributed by atoms with van der Waals surface area (Å²) in [5.74, 6) is 0.580. The van der Waals surface area contributed by atoms with E-state index < -0.39 is 0 Å². The van der Waals surface area contributed by atoms with Crippen LogP contribution < -0.4 is 0 Å². The molecular weight excluding hydrogens is 275 g/mol. The fourth-order valence-electron chi connectivity index (χ4n) is 2.54. The molecule has 0 spiro atoms. The van der Waals surface area contributed by atoms with Crippen molar-refractivity contribution in [1.82, 2.24) is 0 Å². The Balaban J connectivity index is 2.05. The van der Waals surface area contributed by atoms with Crippen molar-refractivity contribution in [3.63, 3.8) is 0 Å². The molecule has 3 heteroatoms. The minimum absolute atomic E-state index is 0.312. The van der Waals surface area contributed by atoms with Crippen molar-refractivity contribution >= 4 is 34.8 Å². The number of hydrogen-bond donors (Lipinski definition) is 0. The van der Waals surface area contributed by atoms with Crippen LogP contribution in [0.3, 0.4) is 0 Å². The van der Waals surface area contributed by atoms with Gasteiger partial charge in [0.25, 0.3) is 0 Å². The lowest BCUT2D eigenvalue weighted by atomic mass is 9.92. The molecule has 1 fully saturated rings. The van der Waals surface area contributed by atoms with Crippen LogP contribution in [0.4, 0.5) is 0 Å². The van der Waals surface area contributed by atoms with Crippen LogP contribution in [0.5, 0.6) is 0 Å². The molecule has 0 aromatic heterocycles. The Morgan fingerprint density at radius 2 is 1.76 bits per heavy atom. The molecule has 2 rings (SSSR count). The lowest BCUT2D eigenvalue weighted by Gasteiger charge is -2.19. The van der Waals surface area contributed by atoms with Gasteiger partial charge in [-0.3, -0.25) is 0 Å². The first-order chi connectivity index (χ1) is 8.16. The maximum absolute atomic E-state index is 6.45. The van der Waals surface area contributed by atoms with Gasteiger partial charge in [0.1, 0.15) is 0 Å². The molecule has 2 atom stereocenters. The highest BCUT2D eigenvalue weighted by atomic mass is 35.5. The summed E-state index contributed by atoms with van der Waals surface area (Å²) in [5.41, 5.74) is 1.25. The molecule has 0 saturated heterocycles. The lowest BCUT2D eigenvalue weighted by Crippen LogP contribution is -2.15. The summed E-state index contributed by atoms with van der Waals surface area (Å²) in [6, 6.07) is 5.90. The van der Waals surface area contributed by atoms with Crippen LogP contribution in [-0.4, -0.2) is 5.38 Å². The van der Waals surface area contributed by atoms with Crippen molar-refractivity contribution in [2.24, 2.45) is 5.92 Å². The van der Waals surface area contributed by atoms with Gasteiger partial charge >= 0.3 is 0 Å². The third kappa shape index (κ3) is 3.77. The zero-order valence-electron chi connectivity index (χ0n) is 9.76. The summed E-state index contributed by atoms with van der Waals surface area (Å²) in [6.45, 7) is 0. The Bertz CT molecular complexity index is 376. The number of hydrogen-bond acceptors (Lipinski definition) is 0. The second-order valence-corrected chi connectivity index (χ2v) is 6.24. The minimum Gasteiger partial charge on any atom is -0.123 e. The van der Waals surface area contributed by atoms with Crippen molar-refractivity contribution in [2.75, 3.05) is 0 Å². The molecule has 0 aliphatic heterocycles. The van der Waals surface area contributed by atoms with E-state index in [-0.39, 0.29) is 0 Å². The van der Waals surface area contributed by atoms with E-state index in [0.29, 0.717) is 21.3 Å². The molecule has 1 aromatic rings. The predicted molar refractivity (Wildman–Crippen MR) is 76.4 cm³/mol. The standard InChI is InChI=1S/C14H17Cl3/c15-12-5-3-1-2-4-11(12)8-10-6-7-13(16)14(17)9-10/h6-7,9,11-12H,1-5,8H2. The number of halogens is 3. The molecule has 0 amide bonds. The van der Waals surface area contributed by atoms with Crippen LogP contribution in [0.25, 0.3) is 0 Å². The zero-order chi connectivity index (χ0) is 12.3. The van der Waals surface area contributed by atoms with Crippen LogP contribution in [0.2, 0.25) is 10.0 Å². The van der Waals surface area contributed by atoms with Crippen LogP contribution >= 0.6 is 34.8 Å². The summed E-state index contributed by atoms with van der Waals surface area (Å²) in [5, 5.41) is 1.58. The molecule has 94 valence electrons. The maximum Gasteiger partial charge on any atom is 0.0595 e. The van der Waals surface area contributed by atoms with Gasteiger partial charge in [0.2, 0.25) is 0 Å². The second-order valence-electron chi connectivity index (χ2n) is 4.87. The average Bonchev–Trinajstić information content (AvgIpc) is 2.50. The molecule has 2 unspecified atom stereocenters. The summed E-state index contributed by atoms with van der Waals surface area (Å²) >= 11 is 18.4. The number of rotatable bonds is 2. The molecule has 17 heavy (non-hydrogen) atoms. The van der Waals surface area contributed by atoms with Gasteiger partial charge < -0.3 is 0 Å². The van der Waals surface area contributed by atoms with Gasteiger partial charge in [0.05, 0.1) is 10.0 Å². The van der Waals surface area contributed by atoms with Crippen molar-refractivity contribution in [3.8, 4) is 0 Å². The molecule has 1 saturated carbocycles. The Labute approximate surface area is 118 Å². The van der Waals surface area contributed by atoms with Gasteiger partial charge in [-0.15, -0.1) is 11.6 Å². The molecule has 0 bridgehead atoms. The topological polar surface area (TPSA) is 0 Å². The summed E-state index contributed by atoms with van der Waals surface area (Å²) in [6.07, 6.45) is 7.29. The van der Waals surface area contributed by atoms with E-state index >= 15 is 0 Å². The Kier molecular flexibility index (Phi) is 5.02. The highest BCUT2D eigenvalue weighted by molar-refractivity contribution is 6.42. The van der Waals surface area contributed by atoms with E-state index in [1.807, 2.05) is 12.1 Å². The fraction of sp³-hybridized carbons (Fsp3) is 0.571. The van der Waals surface area contributed by atoms with E-state index in [4.69, 9.17) is 34.8 Å². The van der Waals surface area contributed by atoms with Crippen LogP contribution in [-0.2, 0) is 6.42 Å². The Hall–Kier alpha value is 0.0900. The van der Waals surface area contributed by atoms with Crippen molar-refractivity contribution in [2.45, 2.75) is 43.9 Å². The van der Waals surface area contributed by atoms with Crippen molar-refractivity contribution in [3.05, 3.63) is 33.8 Å². The van der Waals surface area contributed by atoms with Gasteiger partial charge in [-0.2, -0.15) is 0 Å². The van der Waals surface area contributed by atoms with Crippen molar-refractivity contribution < 1.29 is 0 Å². The highest BCUT2D eigenvalue weighted by Gasteiger charge is 2.22. The van der Waals surface area contributed by atoms with E-state index in [9.17, 15) is 0 Å². The maximum atomic E-state index is 6.45. The quantitative estimate of drug-likeness (QED) is 0.482.